The highest BCUT2D eigenvalue weighted by Crippen LogP contribution is 2.20. The molecule has 0 aromatic rings. The molecular weight excluding hydrogens is 688 g/mol. The highest BCUT2D eigenvalue weighted by molar-refractivity contribution is 5.98. The molecule has 0 radical (unpaired) electrons. The molecule has 0 bridgehead atoms. The highest BCUT2D eigenvalue weighted by atomic mass is 16.4. The van der Waals surface area contributed by atoms with Crippen LogP contribution in [0.1, 0.15) is 79.6 Å². The second kappa shape index (κ2) is 21.5. The van der Waals surface area contributed by atoms with Crippen LogP contribution in [0.15, 0.2) is 0 Å². The molecule has 1 saturated heterocycles. The number of carboxylic acid groups (broad SMARTS) is 2. The Balaban J connectivity index is 3.14. The summed E-state index contributed by atoms with van der Waals surface area (Å²) in [7, 11) is 0. The summed E-state index contributed by atoms with van der Waals surface area (Å²) < 4.78 is 0. The zero-order valence-corrected chi connectivity index (χ0v) is 30.2. The molecule has 1 rings (SSSR count). The van der Waals surface area contributed by atoms with E-state index >= 15 is 0 Å². The number of nitrogens with one attached hydrogen (secondary N) is 5. The van der Waals surface area contributed by atoms with Crippen LogP contribution in [-0.4, -0.2) is 129 Å². The number of carboxylic acids is 2. The lowest BCUT2D eigenvalue weighted by molar-refractivity contribution is -0.150. The number of aliphatic carboxylic acids is 2. The van der Waals surface area contributed by atoms with Gasteiger partial charge in [0, 0.05) is 13.0 Å². The molecule has 294 valence electrons. The molecule has 20 nitrogen and oxygen atoms in total. The lowest BCUT2D eigenvalue weighted by Gasteiger charge is -2.29. The quantitative estimate of drug-likeness (QED) is 0.0519. The van der Waals surface area contributed by atoms with Gasteiger partial charge in [0.05, 0.1) is 19.1 Å². The van der Waals surface area contributed by atoms with Gasteiger partial charge in [-0.25, -0.2) is 4.79 Å². The summed E-state index contributed by atoms with van der Waals surface area (Å²) in [5, 5.41) is 40.3. The number of likely N-dealkylation sites (tertiary alicyclic amines) is 1. The average Bonchev–Trinajstić information content (AvgIpc) is 3.54. The second-order valence-corrected chi connectivity index (χ2v) is 13.7. The molecular formula is C32H54N8O12. The van der Waals surface area contributed by atoms with Crippen LogP contribution in [0.3, 0.4) is 0 Å². The fraction of sp³-hybridized carbons (Fsp3) is 0.719. The zero-order valence-electron chi connectivity index (χ0n) is 30.2. The van der Waals surface area contributed by atoms with E-state index in [1.165, 1.54) is 6.92 Å². The smallest absolute Gasteiger partial charge is 0.326 e. The third-order valence-electron chi connectivity index (χ3n) is 8.09. The maximum Gasteiger partial charge on any atom is 0.326 e. The minimum Gasteiger partial charge on any atom is -0.481 e. The van der Waals surface area contributed by atoms with Crippen LogP contribution in [0.4, 0.5) is 0 Å². The SMILES string of the molecule is CC(C)C[C@H](NC(=O)[C@H](CC(N)=O)NC(=O)[C@H](CO)NC(=O)[C@H](C)NC(=O)[C@@H](N)CC(C)C)C(=O)N[C@@H](CCC(=O)O)C(=O)N1CCC[C@H]1C(=O)O. The molecule has 0 spiro atoms. The van der Waals surface area contributed by atoms with Crippen molar-refractivity contribution in [2.75, 3.05) is 13.2 Å². The maximum absolute atomic E-state index is 13.5. The van der Waals surface area contributed by atoms with Crippen LogP contribution < -0.4 is 38.1 Å². The van der Waals surface area contributed by atoms with Gasteiger partial charge in [-0.2, -0.15) is 0 Å². The number of nitrogens with zero attached hydrogens (tertiary/aromatic N) is 1. The Hall–Kier alpha value is -4.85. The number of aliphatic hydroxyl groups excluding tert-OH is 1. The number of nitrogens with two attached hydrogens (primary N) is 2. The molecule has 7 atom stereocenters. The van der Waals surface area contributed by atoms with Gasteiger partial charge in [0.1, 0.15) is 36.3 Å². The van der Waals surface area contributed by atoms with Crippen LogP contribution in [0.2, 0.25) is 0 Å². The van der Waals surface area contributed by atoms with Gasteiger partial charge in [-0.15, -0.1) is 0 Å². The minimum absolute atomic E-state index is 0.0319. The molecule has 1 heterocycles. The minimum atomic E-state index is -1.71. The number of primary amides is 1. The van der Waals surface area contributed by atoms with E-state index in [4.69, 9.17) is 11.5 Å². The third-order valence-corrected chi connectivity index (χ3v) is 8.09. The number of rotatable bonds is 22. The monoisotopic (exact) mass is 742 g/mol. The van der Waals surface area contributed by atoms with E-state index in [0.29, 0.717) is 12.8 Å². The van der Waals surface area contributed by atoms with Crippen molar-refractivity contribution >= 4 is 53.3 Å². The largest absolute Gasteiger partial charge is 0.481 e. The Bertz CT molecular complexity index is 1330. The average molecular weight is 743 g/mol. The first-order chi connectivity index (χ1) is 24.2. The topological polar surface area (TPSA) is 330 Å². The Morgan fingerprint density at radius 3 is 1.75 bits per heavy atom. The molecule has 12 N–H and O–H groups in total. The van der Waals surface area contributed by atoms with Gasteiger partial charge in [-0.1, -0.05) is 27.7 Å². The van der Waals surface area contributed by atoms with Gasteiger partial charge in [0.2, 0.25) is 41.4 Å². The normalized spacial score (nSPS) is 17.6. The van der Waals surface area contributed by atoms with Crippen molar-refractivity contribution in [1.82, 2.24) is 31.5 Å². The highest BCUT2D eigenvalue weighted by Gasteiger charge is 2.39. The van der Waals surface area contributed by atoms with Crippen molar-refractivity contribution in [2.24, 2.45) is 23.3 Å². The van der Waals surface area contributed by atoms with Crippen molar-refractivity contribution < 1.29 is 58.5 Å². The number of carbonyl (C=O) groups excluding carboxylic acids is 7. The van der Waals surface area contributed by atoms with Gasteiger partial charge in [0.15, 0.2) is 0 Å². The molecule has 0 unspecified atom stereocenters. The van der Waals surface area contributed by atoms with E-state index in [1.807, 2.05) is 13.8 Å². The Labute approximate surface area is 301 Å². The summed E-state index contributed by atoms with van der Waals surface area (Å²) in [6, 6.07) is -9.46. The van der Waals surface area contributed by atoms with E-state index in [2.05, 4.69) is 26.6 Å². The predicted molar refractivity (Wildman–Crippen MR) is 182 cm³/mol. The predicted octanol–water partition coefficient (Wildman–Crippen LogP) is -3.34. The maximum atomic E-state index is 13.5. The molecule has 52 heavy (non-hydrogen) atoms. The number of carbonyl (C=O) groups is 9. The number of aliphatic hydroxyl groups is 1. The van der Waals surface area contributed by atoms with Crippen molar-refractivity contribution in [3.63, 3.8) is 0 Å². The van der Waals surface area contributed by atoms with E-state index in [0.717, 1.165) is 4.90 Å². The fourth-order valence-corrected chi connectivity index (χ4v) is 5.43. The van der Waals surface area contributed by atoms with Crippen molar-refractivity contribution in [3.8, 4) is 0 Å². The molecule has 20 heteroatoms. The van der Waals surface area contributed by atoms with Crippen molar-refractivity contribution in [2.45, 2.75) is 122 Å². The molecule has 0 aromatic carbocycles. The van der Waals surface area contributed by atoms with Crippen LogP contribution in [0.5, 0.6) is 0 Å². The zero-order chi connectivity index (χ0) is 39.9. The van der Waals surface area contributed by atoms with E-state index in [-0.39, 0.29) is 37.6 Å². The van der Waals surface area contributed by atoms with Crippen molar-refractivity contribution in [1.29, 1.82) is 0 Å². The third kappa shape index (κ3) is 15.2. The Morgan fingerprint density at radius 2 is 1.23 bits per heavy atom. The summed E-state index contributed by atoms with van der Waals surface area (Å²) in [5.74, 6) is -9.13. The second-order valence-electron chi connectivity index (χ2n) is 13.7. The molecule has 0 aromatic heterocycles. The van der Waals surface area contributed by atoms with Gasteiger partial charge in [0.25, 0.3) is 0 Å². The van der Waals surface area contributed by atoms with E-state index in [9.17, 15) is 58.5 Å². The molecule has 7 amide bonds. The molecule has 1 fully saturated rings. The van der Waals surface area contributed by atoms with Crippen LogP contribution >= 0.6 is 0 Å². The summed E-state index contributed by atoms with van der Waals surface area (Å²) in [6.45, 7) is 7.57. The van der Waals surface area contributed by atoms with Gasteiger partial charge in [-0.05, 0) is 50.9 Å². The molecule has 0 aliphatic carbocycles. The van der Waals surface area contributed by atoms with E-state index in [1.54, 1.807) is 13.8 Å². The number of hydrogen-bond donors (Lipinski definition) is 10. The molecule has 1 aliphatic rings. The Morgan fingerprint density at radius 1 is 0.712 bits per heavy atom. The van der Waals surface area contributed by atoms with Crippen LogP contribution in [-0.2, 0) is 43.2 Å². The van der Waals surface area contributed by atoms with E-state index < -0.39 is 115 Å². The number of amides is 7. The molecule has 1 aliphatic heterocycles. The van der Waals surface area contributed by atoms with Gasteiger partial charge < -0.3 is 58.3 Å². The van der Waals surface area contributed by atoms with Crippen LogP contribution in [0, 0.1) is 11.8 Å². The summed E-state index contributed by atoms with van der Waals surface area (Å²) in [4.78, 5) is 114. The molecule has 0 saturated carbocycles. The van der Waals surface area contributed by atoms with Crippen molar-refractivity contribution in [3.05, 3.63) is 0 Å². The number of hydrogen-bond acceptors (Lipinski definition) is 11. The lowest BCUT2D eigenvalue weighted by atomic mass is 10.0. The van der Waals surface area contributed by atoms with Crippen LogP contribution in [0.25, 0.3) is 0 Å². The fourth-order valence-electron chi connectivity index (χ4n) is 5.43. The Kier molecular flexibility index (Phi) is 18.7. The first-order valence-corrected chi connectivity index (χ1v) is 17.1. The first-order valence-electron chi connectivity index (χ1n) is 17.1. The van der Waals surface area contributed by atoms with Gasteiger partial charge >= 0.3 is 11.9 Å². The standard InChI is InChI=1S/C32H54N8O12/c1-15(2)11-18(33)27(46)35-17(5)26(45)39-22(14-41)30(49)38-21(13-24(34)42)29(48)37-20(12-16(3)4)28(47)36-19(8-9-25(43)44)31(50)40-10-6-7-23(40)32(51)52/h15-23,41H,6-14,33H2,1-5H3,(H2,34,42)(H,35,46)(H,36,47)(H,37,48)(H,38,49)(H,39,45)(H,43,44)(H,51,52)/t17-,18-,19-,20-,21-,22-,23-/m0/s1. The lowest BCUT2D eigenvalue weighted by Crippen LogP contribution is -2.60. The van der Waals surface area contributed by atoms with Gasteiger partial charge in [-0.3, -0.25) is 38.4 Å². The summed E-state index contributed by atoms with van der Waals surface area (Å²) in [6.07, 6.45) is -0.836. The summed E-state index contributed by atoms with van der Waals surface area (Å²) >= 11 is 0. The first kappa shape index (κ1) is 45.2. The summed E-state index contributed by atoms with van der Waals surface area (Å²) in [5.41, 5.74) is 11.1.